The SMILES string of the molecule is C#Cc1ccc(-c2nc3nc(N[C@@H]4CCCN(C)C4)ccc3n2C)c(O)c1. The number of fused-ring (bicyclic) bond motifs is 1. The van der Waals surface area contributed by atoms with E-state index in [-0.39, 0.29) is 5.75 Å². The van der Waals surface area contributed by atoms with Gasteiger partial charge in [0.05, 0.1) is 11.1 Å². The van der Waals surface area contributed by atoms with Crippen molar-refractivity contribution in [1.29, 1.82) is 0 Å². The summed E-state index contributed by atoms with van der Waals surface area (Å²) in [7, 11) is 4.07. The average molecular weight is 361 g/mol. The highest BCUT2D eigenvalue weighted by Crippen LogP contribution is 2.31. The van der Waals surface area contributed by atoms with Crippen LogP contribution in [-0.2, 0) is 7.05 Å². The normalized spacial score (nSPS) is 17.7. The second-order valence-electron chi connectivity index (χ2n) is 7.16. The molecule has 0 bridgehead atoms. The molecule has 2 N–H and O–H groups in total. The van der Waals surface area contributed by atoms with E-state index in [0.29, 0.717) is 28.6 Å². The third-order valence-corrected chi connectivity index (χ3v) is 5.13. The fourth-order valence-corrected chi connectivity index (χ4v) is 3.70. The molecule has 0 aliphatic carbocycles. The van der Waals surface area contributed by atoms with Crippen LogP contribution in [0.15, 0.2) is 30.3 Å². The van der Waals surface area contributed by atoms with Crippen molar-refractivity contribution in [3.8, 4) is 29.5 Å². The van der Waals surface area contributed by atoms with Crippen LogP contribution in [0.2, 0.25) is 0 Å². The highest BCUT2D eigenvalue weighted by Gasteiger charge is 2.19. The first kappa shape index (κ1) is 17.4. The third-order valence-electron chi connectivity index (χ3n) is 5.13. The summed E-state index contributed by atoms with van der Waals surface area (Å²) in [6.07, 6.45) is 7.74. The van der Waals surface area contributed by atoms with E-state index >= 15 is 0 Å². The molecule has 2 aromatic heterocycles. The summed E-state index contributed by atoms with van der Waals surface area (Å²) in [6.45, 7) is 2.17. The molecule has 6 heteroatoms. The van der Waals surface area contributed by atoms with Crippen molar-refractivity contribution in [1.82, 2.24) is 19.4 Å². The van der Waals surface area contributed by atoms with Crippen LogP contribution in [0.5, 0.6) is 5.75 Å². The number of nitrogens with one attached hydrogen (secondary N) is 1. The van der Waals surface area contributed by atoms with E-state index < -0.39 is 0 Å². The predicted octanol–water partition coefficient (Wildman–Crippen LogP) is 2.83. The number of nitrogens with zero attached hydrogens (tertiary/aromatic N) is 4. The molecule has 0 amide bonds. The number of phenols is 1. The number of aromatic hydroxyl groups is 1. The van der Waals surface area contributed by atoms with Gasteiger partial charge in [0, 0.05) is 25.2 Å². The fraction of sp³-hybridized carbons (Fsp3) is 0.333. The Hall–Kier alpha value is -3.04. The molecule has 1 aliphatic heterocycles. The van der Waals surface area contributed by atoms with Crippen LogP contribution in [0, 0.1) is 12.3 Å². The number of likely N-dealkylation sites (tertiary alicyclic amines) is 1. The van der Waals surface area contributed by atoms with Crippen molar-refractivity contribution >= 4 is 17.0 Å². The number of aryl methyl sites for hydroxylation is 1. The Morgan fingerprint density at radius 1 is 1.22 bits per heavy atom. The number of aromatic nitrogens is 3. The highest BCUT2D eigenvalue weighted by molar-refractivity contribution is 5.80. The van der Waals surface area contributed by atoms with Gasteiger partial charge in [0.2, 0.25) is 0 Å². The Kier molecular flexibility index (Phi) is 4.46. The number of pyridine rings is 1. The second-order valence-corrected chi connectivity index (χ2v) is 7.16. The van der Waals surface area contributed by atoms with Crippen molar-refractivity contribution < 1.29 is 5.11 Å². The molecule has 0 saturated carbocycles. The lowest BCUT2D eigenvalue weighted by atomic mass is 10.1. The van der Waals surface area contributed by atoms with E-state index in [0.717, 1.165) is 30.8 Å². The Labute approximate surface area is 158 Å². The van der Waals surface area contributed by atoms with Crippen LogP contribution in [0.25, 0.3) is 22.6 Å². The van der Waals surface area contributed by atoms with Gasteiger partial charge in [0.15, 0.2) is 5.65 Å². The average Bonchev–Trinajstić information content (AvgIpc) is 2.97. The number of benzene rings is 1. The van der Waals surface area contributed by atoms with E-state index in [1.54, 1.807) is 18.2 Å². The van der Waals surface area contributed by atoms with Gasteiger partial charge in [-0.2, -0.15) is 0 Å². The number of hydrogen-bond acceptors (Lipinski definition) is 5. The first-order chi connectivity index (χ1) is 13.0. The number of terminal acetylenes is 1. The van der Waals surface area contributed by atoms with Crippen LogP contribution in [0.1, 0.15) is 18.4 Å². The van der Waals surface area contributed by atoms with Gasteiger partial charge in [-0.1, -0.05) is 5.92 Å². The molecule has 0 unspecified atom stereocenters. The Balaban J connectivity index is 1.66. The molecule has 27 heavy (non-hydrogen) atoms. The maximum atomic E-state index is 10.3. The minimum Gasteiger partial charge on any atom is -0.507 e. The summed E-state index contributed by atoms with van der Waals surface area (Å²) in [5, 5.41) is 13.9. The lowest BCUT2D eigenvalue weighted by Gasteiger charge is -2.30. The van der Waals surface area contributed by atoms with Crippen molar-refractivity contribution in [3.05, 3.63) is 35.9 Å². The van der Waals surface area contributed by atoms with Gasteiger partial charge in [-0.3, -0.25) is 0 Å². The van der Waals surface area contributed by atoms with Crippen LogP contribution in [-0.4, -0.2) is 50.7 Å². The molecular formula is C21H23N5O. The summed E-state index contributed by atoms with van der Waals surface area (Å²) >= 11 is 0. The zero-order valence-electron chi connectivity index (χ0n) is 15.6. The molecule has 3 heterocycles. The van der Waals surface area contributed by atoms with Crippen molar-refractivity contribution in [3.63, 3.8) is 0 Å². The molecule has 4 rings (SSSR count). The molecule has 1 atom stereocenters. The molecule has 1 aliphatic rings. The van der Waals surface area contributed by atoms with Gasteiger partial charge in [-0.15, -0.1) is 6.42 Å². The zero-order valence-corrected chi connectivity index (χ0v) is 15.6. The number of likely N-dealkylation sites (N-methyl/N-ethyl adjacent to an activating group) is 1. The smallest absolute Gasteiger partial charge is 0.180 e. The Morgan fingerprint density at radius 3 is 2.81 bits per heavy atom. The first-order valence-corrected chi connectivity index (χ1v) is 9.13. The molecule has 1 fully saturated rings. The summed E-state index contributed by atoms with van der Waals surface area (Å²) in [5.41, 5.74) is 2.84. The summed E-state index contributed by atoms with van der Waals surface area (Å²) in [4.78, 5) is 11.7. The van der Waals surface area contributed by atoms with Crippen molar-refractivity contribution in [2.24, 2.45) is 7.05 Å². The van der Waals surface area contributed by atoms with Crippen LogP contribution in [0.3, 0.4) is 0 Å². The van der Waals surface area contributed by atoms with Crippen molar-refractivity contribution in [2.75, 3.05) is 25.5 Å². The number of piperidine rings is 1. The highest BCUT2D eigenvalue weighted by atomic mass is 16.3. The van der Waals surface area contributed by atoms with Gasteiger partial charge in [0.25, 0.3) is 0 Å². The maximum Gasteiger partial charge on any atom is 0.180 e. The molecule has 0 spiro atoms. The fourth-order valence-electron chi connectivity index (χ4n) is 3.70. The van der Waals surface area contributed by atoms with Gasteiger partial charge >= 0.3 is 0 Å². The number of anilines is 1. The van der Waals surface area contributed by atoms with E-state index in [9.17, 15) is 5.11 Å². The molecule has 1 aromatic carbocycles. The number of hydrogen-bond donors (Lipinski definition) is 2. The summed E-state index contributed by atoms with van der Waals surface area (Å²) in [6, 6.07) is 9.58. The van der Waals surface area contributed by atoms with Gasteiger partial charge in [-0.05, 0) is 56.8 Å². The lowest BCUT2D eigenvalue weighted by Crippen LogP contribution is -2.39. The van der Waals surface area contributed by atoms with Crippen LogP contribution < -0.4 is 5.32 Å². The topological polar surface area (TPSA) is 66.2 Å². The third kappa shape index (κ3) is 3.34. The zero-order chi connectivity index (χ0) is 19.0. The van der Waals surface area contributed by atoms with Crippen LogP contribution >= 0.6 is 0 Å². The van der Waals surface area contributed by atoms with Crippen LogP contribution in [0.4, 0.5) is 5.82 Å². The Morgan fingerprint density at radius 2 is 2.07 bits per heavy atom. The lowest BCUT2D eigenvalue weighted by molar-refractivity contribution is 0.261. The molecule has 138 valence electrons. The number of imidazole rings is 1. The van der Waals surface area contributed by atoms with E-state index in [1.165, 1.54) is 6.42 Å². The van der Waals surface area contributed by atoms with Gasteiger partial charge in [0.1, 0.15) is 17.4 Å². The van der Waals surface area contributed by atoms with E-state index in [1.807, 2.05) is 23.7 Å². The molecule has 3 aromatic rings. The number of rotatable bonds is 3. The quantitative estimate of drug-likeness (QED) is 0.702. The molecule has 0 radical (unpaired) electrons. The standard InChI is InChI=1S/C21H23N5O/c1-4-14-7-8-16(18(27)12-14)21-24-20-17(26(21)3)9-10-19(23-20)22-15-6-5-11-25(2)13-15/h1,7-10,12,15,27H,5-6,11,13H2,2-3H3,(H,22,23)/t15-/m1/s1. The summed E-state index contributed by atoms with van der Waals surface area (Å²) in [5.74, 6) is 4.14. The second kappa shape index (κ2) is 6.93. The predicted molar refractivity (Wildman–Crippen MR) is 108 cm³/mol. The molecular weight excluding hydrogens is 338 g/mol. The van der Waals surface area contributed by atoms with E-state index in [2.05, 4.69) is 33.2 Å². The van der Waals surface area contributed by atoms with E-state index in [4.69, 9.17) is 6.42 Å². The van der Waals surface area contributed by atoms with Gasteiger partial charge in [-0.25, -0.2) is 9.97 Å². The largest absolute Gasteiger partial charge is 0.507 e. The molecule has 6 nitrogen and oxygen atoms in total. The maximum absolute atomic E-state index is 10.3. The monoisotopic (exact) mass is 361 g/mol. The minimum atomic E-state index is 0.118. The Bertz CT molecular complexity index is 1030. The summed E-state index contributed by atoms with van der Waals surface area (Å²) < 4.78 is 1.94. The first-order valence-electron chi connectivity index (χ1n) is 9.13. The molecule has 1 saturated heterocycles. The van der Waals surface area contributed by atoms with Gasteiger partial charge < -0.3 is 19.9 Å². The minimum absolute atomic E-state index is 0.118. The number of phenolic OH excluding ortho intramolecular Hbond substituents is 1. The van der Waals surface area contributed by atoms with Crippen molar-refractivity contribution in [2.45, 2.75) is 18.9 Å².